The van der Waals surface area contributed by atoms with Crippen molar-refractivity contribution in [1.29, 1.82) is 0 Å². The van der Waals surface area contributed by atoms with Crippen molar-refractivity contribution in [1.82, 2.24) is 0 Å². The minimum atomic E-state index is -0.498. The van der Waals surface area contributed by atoms with Crippen LogP contribution in [0.2, 0.25) is 7.25 Å². The standard InChI is InChI=1S/2C11H15.Zr/c2*1-8-6-7-9(2)11-5-3-4-10(8)11;/h2*3-5,8-9H,6-7H2,1-2H3;. The molecule has 1 heteroatoms. The van der Waals surface area contributed by atoms with Crippen molar-refractivity contribution in [3.05, 3.63) is 46.6 Å². The van der Waals surface area contributed by atoms with Gasteiger partial charge in [-0.15, -0.1) is 0 Å². The molecular formula is C22H30Zr. The Balaban J connectivity index is 1.58. The van der Waals surface area contributed by atoms with Crippen LogP contribution in [0, 0.1) is 23.7 Å². The number of hydrogen-bond acceptors (Lipinski definition) is 0. The second kappa shape index (κ2) is 6.29. The number of rotatable bonds is 2. The van der Waals surface area contributed by atoms with E-state index in [1.165, 1.54) is 25.7 Å². The molecule has 0 saturated carbocycles. The van der Waals surface area contributed by atoms with Crippen molar-refractivity contribution < 1.29 is 23.2 Å². The summed E-state index contributed by atoms with van der Waals surface area (Å²) in [5.41, 5.74) is 7.20. The minimum absolute atomic E-state index is 0.498. The van der Waals surface area contributed by atoms with Crippen LogP contribution in [-0.4, -0.2) is 0 Å². The predicted octanol–water partition coefficient (Wildman–Crippen LogP) is 6.51. The van der Waals surface area contributed by atoms with Gasteiger partial charge in [0.1, 0.15) is 0 Å². The van der Waals surface area contributed by atoms with E-state index in [0.29, 0.717) is 0 Å². The van der Waals surface area contributed by atoms with E-state index in [-0.39, 0.29) is 0 Å². The molecule has 0 spiro atoms. The van der Waals surface area contributed by atoms with Crippen molar-refractivity contribution >= 4 is 0 Å². The molecule has 0 bridgehead atoms. The first-order valence-corrected chi connectivity index (χ1v) is 12.5. The maximum absolute atomic E-state index is 2.61. The quantitative estimate of drug-likeness (QED) is 0.508. The van der Waals surface area contributed by atoms with Crippen LogP contribution in [-0.2, 0) is 23.2 Å². The Kier molecular flexibility index (Phi) is 4.46. The number of allylic oxidation sites excluding steroid dienone is 8. The van der Waals surface area contributed by atoms with Crippen molar-refractivity contribution in [2.45, 2.75) is 60.6 Å². The molecule has 0 N–H and O–H groups in total. The zero-order valence-corrected chi connectivity index (χ0v) is 17.6. The molecule has 0 radical (unpaired) electrons. The van der Waals surface area contributed by atoms with Crippen molar-refractivity contribution in [2.24, 2.45) is 23.7 Å². The van der Waals surface area contributed by atoms with Crippen LogP contribution in [0.1, 0.15) is 53.4 Å². The molecule has 0 nitrogen and oxygen atoms in total. The predicted molar refractivity (Wildman–Crippen MR) is 95.0 cm³/mol. The van der Waals surface area contributed by atoms with Crippen LogP contribution in [0.4, 0.5) is 0 Å². The summed E-state index contributed by atoms with van der Waals surface area (Å²) < 4.78 is 1.74. The number of hydrogen-bond donors (Lipinski definition) is 0. The molecule has 0 aromatic heterocycles. The zero-order chi connectivity index (χ0) is 16.1. The molecule has 6 atom stereocenters. The van der Waals surface area contributed by atoms with E-state index < -0.39 is 23.2 Å². The van der Waals surface area contributed by atoms with E-state index in [1.54, 1.807) is 11.1 Å². The second-order valence-corrected chi connectivity index (χ2v) is 12.3. The van der Waals surface area contributed by atoms with Gasteiger partial charge in [-0.2, -0.15) is 0 Å². The molecule has 0 aromatic carbocycles. The Morgan fingerprint density at radius 1 is 0.652 bits per heavy atom. The van der Waals surface area contributed by atoms with Gasteiger partial charge in [-0.05, 0) is 0 Å². The molecule has 0 aromatic rings. The van der Waals surface area contributed by atoms with Gasteiger partial charge in [-0.1, -0.05) is 0 Å². The van der Waals surface area contributed by atoms with Gasteiger partial charge in [0, 0.05) is 0 Å². The Hall–Kier alpha value is -0.157. The summed E-state index contributed by atoms with van der Waals surface area (Å²) in [6.07, 6.45) is 15.9. The fourth-order valence-electron chi connectivity index (χ4n) is 5.34. The third kappa shape index (κ3) is 2.76. The van der Waals surface area contributed by atoms with Gasteiger partial charge in [0.05, 0.1) is 0 Å². The first kappa shape index (κ1) is 16.3. The molecule has 0 amide bonds. The molecule has 0 saturated heterocycles. The van der Waals surface area contributed by atoms with Gasteiger partial charge in [-0.25, -0.2) is 0 Å². The van der Waals surface area contributed by atoms with Crippen LogP contribution in [0.5, 0.6) is 0 Å². The summed E-state index contributed by atoms with van der Waals surface area (Å²) in [6, 6.07) is 0. The summed E-state index contributed by atoms with van der Waals surface area (Å²) in [4.78, 5) is 0. The fourth-order valence-corrected chi connectivity index (χ4v) is 10.4. The van der Waals surface area contributed by atoms with Gasteiger partial charge in [-0.3, -0.25) is 0 Å². The topological polar surface area (TPSA) is 0 Å². The van der Waals surface area contributed by atoms with Gasteiger partial charge >= 0.3 is 154 Å². The van der Waals surface area contributed by atoms with Gasteiger partial charge in [0.2, 0.25) is 0 Å². The molecule has 122 valence electrons. The summed E-state index contributed by atoms with van der Waals surface area (Å²) in [5.74, 6) is 3.29. The molecule has 0 heterocycles. The van der Waals surface area contributed by atoms with Crippen LogP contribution in [0.3, 0.4) is 0 Å². The summed E-state index contributed by atoms with van der Waals surface area (Å²) in [6.45, 7) is 9.86. The van der Waals surface area contributed by atoms with Gasteiger partial charge < -0.3 is 0 Å². The average molecular weight is 386 g/mol. The monoisotopic (exact) mass is 384 g/mol. The molecule has 4 aliphatic carbocycles. The fraction of sp³-hybridized carbons (Fsp3) is 0.636. The van der Waals surface area contributed by atoms with Crippen molar-refractivity contribution in [2.75, 3.05) is 0 Å². The first-order valence-electron chi connectivity index (χ1n) is 9.66. The second-order valence-electron chi connectivity index (χ2n) is 8.42. The summed E-state index contributed by atoms with van der Waals surface area (Å²) in [7, 11) is 0. The van der Waals surface area contributed by atoms with Gasteiger partial charge in [0.15, 0.2) is 0 Å². The van der Waals surface area contributed by atoms with E-state index in [1.807, 2.05) is 11.1 Å². The van der Waals surface area contributed by atoms with E-state index in [2.05, 4.69) is 52.0 Å². The van der Waals surface area contributed by atoms with E-state index >= 15 is 0 Å². The molecule has 23 heavy (non-hydrogen) atoms. The zero-order valence-electron chi connectivity index (χ0n) is 15.1. The summed E-state index contributed by atoms with van der Waals surface area (Å²) in [5, 5.41) is 0. The Labute approximate surface area is 153 Å². The third-order valence-corrected chi connectivity index (χ3v) is 11.1. The Morgan fingerprint density at radius 2 is 1.04 bits per heavy atom. The van der Waals surface area contributed by atoms with Crippen molar-refractivity contribution in [3.8, 4) is 0 Å². The third-order valence-electron chi connectivity index (χ3n) is 6.82. The average Bonchev–Trinajstić information content (AvgIpc) is 3.14. The van der Waals surface area contributed by atoms with Crippen LogP contribution in [0.25, 0.3) is 0 Å². The molecule has 6 unspecified atom stereocenters. The van der Waals surface area contributed by atoms with Gasteiger partial charge in [0.25, 0.3) is 0 Å². The van der Waals surface area contributed by atoms with Crippen molar-refractivity contribution in [3.63, 3.8) is 0 Å². The van der Waals surface area contributed by atoms with E-state index in [4.69, 9.17) is 0 Å². The van der Waals surface area contributed by atoms with Crippen LogP contribution >= 0.6 is 0 Å². The first-order chi connectivity index (χ1) is 11.1. The molecule has 4 rings (SSSR count). The SMILES string of the molecule is CC1CCC(C)C2=C1C=C[CH]2[Zr][CH]1C=CC2=C1C(C)CCC2C. The Bertz CT molecular complexity index is 564. The normalized spacial score (nSPS) is 42.3. The van der Waals surface area contributed by atoms with Crippen LogP contribution in [0.15, 0.2) is 46.6 Å². The van der Waals surface area contributed by atoms with E-state index in [9.17, 15) is 0 Å². The molecular weight excluding hydrogens is 355 g/mol. The summed E-state index contributed by atoms with van der Waals surface area (Å²) >= 11 is -0.498. The molecule has 0 aliphatic heterocycles. The van der Waals surface area contributed by atoms with Crippen LogP contribution < -0.4 is 0 Å². The molecule has 4 aliphatic rings. The van der Waals surface area contributed by atoms with E-state index in [0.717, 1.165) is 30.9 Å². The maximum atomic E-state index is 2.61. The molecule has 0 fully saturated rings. The Morgan fingerprint density at radius 3 is 1.48 bits per heavy atom.